The highest BCUT2D eigenvalue weighted by molar-refractivity contribution is 14.1. The number of aromatic nitrogens is 1. The van der Waals surface area contributed by atoms with E-state index in [0.29, 0.717) is 5.56 Å². The van der Waals surface area contributed by atoms with Crippen molar-refractivity contribution in [3.63, 3.8) is 0 Å². The van der Waals surface area contributed by atoms with E-state index in [1.165, 1.54) is 0 Å². The number of nitrogens with zero attached hydrogens (tertiary/aromatic N) is 2. The summed E-state index contributed by atoms with van der Waals surface area (Å²) < 4.78 is 2.04. The largest absolute Gasteiger partial charge is 0.493 e. The van der Waals surface area contributed by atoms with Crippen LogP contribution in [0.3, 0.4) is 0 Å². The molecule has 22 heavy (non-hydrogen) atoms. The van der Waals surface area contributed by atoms with E-state index in [1.807, 2.05) is 30.3 Å². The second kappa shape index (κ2) is 6.32. The Morgan fingerprint density at radius 3 is 2.45 bits per heavy atom. The molecule has 3 rings (SSSR count). The van der Waals surface area contributed by atoms with E-state index in [-0.39, 0.29) is 11.6 Å². The third-order valence-electron chi connectivity index (χ3n) is 3.05. The molecule has 0 aliphatic heterocycles. The van der Waals surface area contributed by atoms with Crippen LogP contribution in [0.1, 0.15) is 10.4 Å². The highest BCUT2D eigenvalue weighted by Crippen LogP contribution is 2.36. The van der Waals surface area contributed by atoms with E-state index in [0.717, 1.165) is 18.0 Å². The van der Waals surface area contributed by atoms with Crippen molar-refractivity contribution in [3.05, 3.63) is 55.2 Å². The van der Waals surface area contributed by atoms with Gasteiger partial charge in [-0.25, -0.2) is 0 Å². The summed E-state index contributed by atoms with van der Waals surface area (Å²) in [5, 5.41) is 18.3. The fraction of sp³-hybridized carbons (Fsp3) is 0. The number of carbonyl (C=O) groups is 1. The summed E-state index contributed by atoms with van der Waals surface area (Å²) in [5.74, 6) is -0.549. The molecule has 0 saturated heterocycles. The van der Waals surface area contributed by atoms with Gasteiger partial charge in [0, 0.05) is 18.1 Å². The predicted molar refractivity (Wildman–Crippen MR) is 101 cm³/mol. The molecule has 2 N–H and O–H groups in total. The molecule has 7 heteroatoms. The zero-order valence-corrected chi connectivity index (χ0v) is 15.4. The number of azo groups is 1. The SMILES string of the molecule is O=C(N=Nc1c(O)[nH]c2ccc(I)cc12)c1ccc(I)cc1. The third kappa shape index (κ3) is 3.14. The first kappa shape index (κ1) is 15.4. The van der Waals surface area contributed by atoms with Crippen molar-refractivity contribution in [2.24, 2.45) is 10.2 Å². The Balaban J connectivity index is 1.95. The smallest absolute Gasteiger partial charge is 0.295 e. The molecule has 0 spiro atoms. The van der Waals surface area contributed by atoms with E-state index in [1.54, 1.807) is 12.1 Å². The molecule has 0 saturated carbocycles. The van der Waals surface area contributed by atoms with Crippen molar-refractivity contribution >= 4 is 67.7 Å². The molecule has 3 aromatic rings. The van der Waals surface area contributed by atoms with E-state index in [4.69, 9.17) is 0 Å². The minimum absolute atomic E-state index is 0.101. The van der Waals surface area contributed by atoms with Gasteiger partial charge in [-0.1, -0.05) is 0 Å². The van der Waals surface area contributed by atoms with Crippen molar-refractivity contribution in [2.75, 3.05) is 0 Å². The fourth-order valence-electron chi connectivity index (χ4n) is 1.98. The number of nitrogens with one attached hydrogen (secondary N) is 1. The van der Waals surface area contributed by atoms with Crippen molar-refractivity contribution in [1.82, 2.24) is 4.98 Å². The number of H-pyrrole nitrogens is 1. The summed E-state index contributed by atoms with van der Waals surface area (Å²) in [5.41, 5.74) is 1.47. The molecular formula is C15H9I2N3O2. The number of rotatable bonds is 2. The summed E-state index contributed by atoms with van der Waals surface area (Å²) in [4.78, 5) is 14.8. The maximum Gasteiger partial charge on any atom is 0.295 e. The Morgan fingerprint density at radius 1 is 1.05 bits per heavy atom. The van der Waals surface area contributed by atoms with Crippen molar-refractivity contribution < 1.29 is 9.90 Å². The molecule has 0 aliphatic rings. The molecule has 0 aliphatic carbocycles. The van der Waals surface area contributed by atoms with Gasteiger partial charge >= 0.3 is 0 Å². The molecule has 0 bridgehead atoms. The van der Waals surface area contributed by atoms with Gasteiger partial charge in [0.25, 0.3) is 5.91 Å². The normalized spacial score (nSPS) is 11.4. The number of benzene rings is 2. The lowest BCUT2D eigenvalue weighted by Gasteiger charge is -1.95. The van der Waals surface area contributed by atoms with Crippen LogP contribution in [0.25, 0.3) is 10.9 Å². The molecule has 2 aromatic carbocycles. The molecule has 0 fully saturated rings. The van der Waals surface area contributed by atoms with Gasteiger partial charge in [-0.05, 0) is 87.6 Å². The summed E-state index contributed by atoms with van der Waals surface area (Å²) in [6, 6.07) is 12.7. The molecule has 1 amide bonds. The fourth-order valence-corrected chi connectivity index (χ4v) is 2.83. The van der Waals surface area contributed by atoms with Gasteiger partial charge in [-0.15, -0.1) is 10.2 Å². The Bertz CT molecular complexity index is 886. The molecule has 0 atom stereocenters. The van der Waals surface area contributed by atoms with Gasteiger partial charge in [0.05, 0.1) is 5.52 Å². The van der Waals surface area contributed by atoms with Crippen LogP contribution in [0, 0.1) is 7.14 Å². The number of amides is 1. The molecule has 1 aromatic heterocycles. The monoisotopic (exact) mass is 517 g/mol. The Kier molecular flexibility index (Phi) is 4.43. The van der Waals surface area contributed by atoms with E-state index >= 15 is 0 Å². The number of hydrogen-bond acceptors (Lipinski definition) is 3. The first-order valence-corrected chi connectivity index (χ1v) is 8.42. The quantitative estimate of drug-likeness (QED) is 0.371. The van der Waals surface area contributed by atoms with Gasteiger partial charge in [0.15, 0.2) is 5.69 Å². The topological polar surface area (TPSA) is 77.8 Å². The summed E-state index contributed by atoms with van der Waals surface area (Å²) in [7, 11) is 0. The summed E-state index contributed by atoms with van der Waals surface area (Å²) in [6.07, 6.45) is 0. The lowest BCUT2D eigenvalue weighted by atomic mass is 10.2. The first-order chi connectivity index (χ1) is 10.5. The second-order valence-electron chi connectivity index (χ2n) is 4.52. The van der Waals surface area contributed by atoms with Gasteiger partial charge in [0.2, 0.25) is 5.88 Å². The minimum atomic E-state index is -0.448. The molecule has 110 valence electrons. The zero-order chi connectivity index (χ0) is 15.7. The molecule has 0 radical (unpaired) electrons. The highest BCUT2D eigenvalue weighted by Gasteiger charge is 2.12. The van der Waals surface area contributed by atoms with Gasteiger partial charge in [-0.3, -0.25) is 4.79 Å². The van der Waals surface area contributed by atoms with Crippen LogP contribution in [0.15, 0.2) is 52.7 Å². The van der Waals surface area contributed by atoms with E-state index < -0.39 is 5.91 Å². The average molecular weight is 517 g/mol. The van der Waals surface area contributed by atoms with Crippen molar-refractivity contribution in [2.45, 2.75) is 0 Å². The van der Waals surface area contributed by atoms with Crippen molar-refractivity contribution in [1.29, 1.82) is 0 Å². The minimum Gasteiger partial charge on any atom is -0.493 e. The molecular weight excluding hydrogens is 508 g/mol. The number of aromatic hydroxyl groups is 1. The first-order valence-electron chi connectivity index (χ1n) is 6.26. The van der Waals surface area contributed by atoms with Gasteiger partial charge in [-0.2, -0.15) is 0 Å². The Labute approximate surface area is 153 Å². The Hall–Kier alpha value is -1.49. The lowest BCUT2D eigenvalue weighted by Crippen LogP contribution is -1.92. The summed E-state index contributed by atoms with van der Waals surface area (Å²) >= 11 is 4.34. The standard InChI is InChI=1S/C15H9I2N3O2/c16-9-3-1-8(2-4-9)14(21)20-19-13-11-7-10(17)5-6-12(11)18-15(13)22/h1-7,18,22H. The second-order valence-corrected chi connectivity index (χ2v) is 7.02. The predicted octanol–water partition coefficient (Wildman–Crippen LogP) is 5.01. The number of hydrogen-bond donors (Lipinski definition) is 2. The van der Waals surface area contributed by atoms with Gasteiger partial charge < -0.3 is 10.1 Å². The van der Waals surface area contributed by atoms with Gasteiger partial charge in [0.1, 0.15) is 0 Å². The van der Waals surface area contributed by atoms with Crippen LogP contribution in [0.5, 0.6) is 5.88 Å². The number of fused-ring (bicyclic) bond motifs is 1. The molecule has 5 nitrogen and oxygen atoms in total. The average Bonchev–Trinajstić information content (AvgIpc) is 2.80. The van der Waals surface area contributed by atoms with Crippen LogP contribution >= 0.6 is 45.2 Å². The Morgan fingerprint density at radius 2 is 1.73 bits per heavy atom. The maximum atomic E-state index is 12.0. The van der Waals surface area contributed by atoms with Crippen LogP contribution in [-0.4, -0.2) is 16.0 Å². The van der Waals surface area contributed by atoms with Crippen molar-refractivity contribution in [3.8, 4) is 5.88 Å². The van der Waals surface area contributed by atoms with E-state index in [2.05, 4.69) is 60.4 Å². The van der Waals surface area contributed by atoms with Crippen LogP contribution in [0.4, 0.5) is 5.69 Å². The summed E-state index contributed by atoms with van der Waals surface area (Å²) in [6.45, 7) is 0. The van der Waals surface area contributed by atoms with Crippen LogP contribution in [0.2, 0.25) is 0 Å². The third-order valence-corrected chi connectivity index (χ3v) is 4.44. The number of carbonyl (C=O) groups excluding carboxylic acids is 1. The lowest BCUT2D eigenvalue weighted by molar-refractivity contribution is 0.0995. The molecule has 0 unspecified atom stereocenters. The highest BCUT2D eigenvalue weighted by atomic mass is 127. The van der Waals surface area contributed by atoms with E-state index in [9.17, 15) is 9.90 Å². The van der Waals surface area contributed by atoms with Crippen LogP contribution in [-0.2, 0) is 0 Å². The number of halogens is 2. The van der Waals surface area contributed by atoms with Crippen LogP contribution < -0.4 is 0 Å². The zero-order valence-electron chi connectivity index (χ0n) is 11.0. The maximum absolute atomic E-state index is 12.0. The molecule has 1 heterocycles. The number of aromatic amines is 1.